The number of carbonyl (C=O) groups is 1. The van der Waals surface area contributed by atoms with Crippen molar-refractivity contribution >= 4 is 33.1 Å². The molecule has 0 radical (unpaired) electrons. The number of aryl methyl sites for hydroxylation is 3. The molecule has 0 aliphatic carbocycles. The standard InChI is InChI=1S/C25H25N3O2S/c1-5-28(19-8-6-7-16(2)12-19)22(29)13-27-15-26-24-23(25(27)30)21(14-31-24)20-10-9-17(3)11-18(20)4/h6-12,14-15H,5,13H2,1-4H3. The van der Waals surface area contributed by atoms with Gasteiger partial charge in [-0.2, -0.15) is 0 Å². The molecule has 0 atom stereocenters. The smallest absolute Gasteiger partial charge is 0.263 e. The van der Waals surface area contributed by atoms with Gasteiger partial charge in [0.15, 0.2) is 0 Å². The van der Waals surface area contributed by atoms with E-state index in [0.29, 0.717) is 16.8 Å². The Labute approximate surface area is 185 Å². The molecule has 0 spiro atoms. The summed E-state index contributed by atoms with van der Waals surface area (Å²) in [6.45, 7) is 8.50. The Morgan fingerprint density at radius 2 is 1.84 bits per heavy atom. The predicted octanol–water partition coefficient (Wildman–Crippen LogP) is 5.10. The summed E-state index contributed by atoms with van der Waals surface area (Å²) in [4.78, 5) is 33.3. The third-order valence-corrected chi connectivity index (χ3v) is 6.36. The minimum Gasteiger partial charge on any atom is -0.311 e. The van der Waals surface area contributed by atoms with Gasteiger partial charge in [-0.25, -0.2) is 4.98 Å². The van der Waals surface area contributed by atoms with E-state index in [1.165, 1.54) is 27.8 Å². The van der Waals surface area contributed by atoms with Crippen molar-refractivity contribution in [3.63, 3.8) is 0 Å². The van der Waals surface area contributed by atoms with Gasteiger partial charge in [0.2, 0.25) is 5.91 Å². The SMILES string of the molecule is CCN(C(=O)Cn1cnc2scc(-c3ccc(C)cc3C)c2c1=O)c1cccc(C)c1. The van der Waals surface area contributed by atoms with E-state index in [1.807, 2.05) is 62.5 Å². The molecular formula is C25H25N3O2S. The Hall–Kier alpha value is -3.25. The largest absolute Gasteiger partial charge is 0.311 e. The van der Waals surface area contributed by atoms with E-state index in [2.05, 4.69) is 18.0 Å². The normalized spacial score (nSPS) is 11.1. The number of nitrogens with zero attached hydrogens (tertiary/aromatic N) is 3. The second-order valence-electron chi connectivity index (χ2n) is 7.80. The van der Waals surface area contributed by atoms with Crippen LogP contribution in [0.3, 0.4) is 0 Å². The molecular weight excluding hydrogens is 406 g/mol. The van der Waals surface area contributed by atoms with Crippen LogP contribution in [0.5, 0.6) is 0 Å². The second-order valence-corrected chi connectivity index (χ2v) is 8.66. The minimum atomic E-state index is -0.185. The predicted molar refractivity (Wildman–Crippen MR) is 128 cm³/mol. The summed E-state index contributed by atoms with van der Waals surface area (Å²) < 4.78 is 1.42. The molecule has 2 heterocycles. The molecule has 6 heteroatoms. The number of carbonyl (C=O) groups excluding carboxylic acids is 1. The highest BCUT2D eigenvalue weighted by atomic mass is 32.1. The fraction of sp³-hybridized carbons (Fsp3) is 0.240. The van der Waals surface area contributed by atoms with Crippen molar-refractivity contribution in [1.82, 2.24) is 9.55 Å². The van der Waals surface area contributed by atoms with Crippen LogP contribution in [0.4, 0.5) is 5.69 Å². The second kappa shape index (κ2) is 8.47. The van der Waals surface area contributed by atoms with Crippen molar-refractivity contribution in [2.24, 2.45) is 0 Å². The van der Waals surface area contributed by atoms with E-state index in [9.17, 15) is 9.59 Å². The van der Waals surface area contributed by atoms with Crippen LogP contribution in [-0.4, -0.2) is 22.0 Å². The molecule has 0 saturated carbocycles. The van der Waals surface area contributed by atoms with Crippen molar-refractivity contribution in [2.45, 2.75) is 34.2 Å². The van der Waals surface area contributed by atoms with E-state index >= 15 is 0 Å². The Kier molecular flexibility index (Phi) is 5.74. The van der Waals surface area contributed by atoms with E-state index in [4.69, 9.17) is 0 Å². The Morgan fingerprint density at radius 3 is 2.55 bits per heavy atom. The zero-order valence-corrected chi connectivity index (χ0v) is 19.0. The van der Waals surface area contributed by atoms with Crippen LogP contribution in [0.2, 0.25) is 0 Å². The molecule has 0 fully saturated rings. The maximum absolute atomic E-state index is 13.4. The molecule has 0 unspecified atom stereocenters. The van der Waals surface area contributed by atoms with Gasteiger partial charge in [0, 0.05) is 23.2 Å². The summed E-state index contributed by atoms with van der Waals surface area (Å²) in [6.07, 6.45) is 1.48. The molecule has 1 amide bonds. The number of likely N-dealkylation sites (N-methyl/N-ethyl adjacent to an activating group) is 1. The van der Waals surface area contributed by atoms with Crippen LogP contribution in [-0.2, 0) is 11.3 Å². The number of thiophene rings is 1. The van der Waals surface area contributed by atoms with Gasteiger partial charge in [0.1, 0.15) is 11.4 Å². The zero-order chi connectivity index (χ0) is 22.1. The lowest BCUT2D eigenvalue weighted by molar-refractivity contribution is -0.119. The molecule has 0 aliphatic heterocycles. The van der Waals surface area contributed by atoms with Crippen LogP contribution in [0.25, 0.3) is 21.3 Å². The third-order valence-electron chi connectivity index (χ3n) is 5.47. The fourth-order valence-corrected chi connectivity index (χ4v) is 4.82. The topological polar surface area (TPSA) is 55.2 Å². The zero-order valence-electron chi connectivity index (χ0n) is 18.2. The highest BCUT2D eigenvalue weighted by Gasteiger charge is 2.19. The molecule has 0 bridgehead atoms. The molecule has 2 aromatic carbocycles. The maximum Gasteiger partial charge on any atom is 0.263 e. The number of anilines is 1. The molecule has 4 aromatic rings. The van der Waals surface area contributed by atoms with Gasteiger partial charge in [-0.15, -0.1) is 11.3 Å². The number of hydrogen-bond acceptors (Lipinski definition) is 4. The van der Waals surface area contributed by atoms with Gasteiger partial charge in [-0.1, -0.05) is 35.9 Å². The minimum absolute atomic E-state index is 0.0499. The average molecular weight is 432 g/mol. The van der Waals surface area contributed by atoms with Crippen molar-refractivity contribution in [1.29, 1.82) is 0 Å². The van der Waals surface area contributed by atoms with Crippen molar-refractivity contribution in [3.8, 4) is 11.1 Å². The quantitative estimate of drug-likeness (QED) is 0.442. The number of rotatable bonds is 5. The molecule has 158 valence electrons. The first kappa shape index (κ1) is 21.0. The molecule has 0 aliphatic rings. The van der Waals surface area contributed by atoms with Crippen LogP contribution in [0, 0.1) is 20.8 Å². The molecule has 0 saturated heterocycles. The number of amides is 1. The third kappa shape index (κ3) is 4.03. The van der Waals surface area contributed by atoms with Crippen molar-refractivity contribution in [3.05, 3.63) is 81.2 Å². The Morgan fingerprint density at radius 1 is 1.06 bits per heavy atom. The maximum atomic E-state index is 13.4. The molecule has 31 heavy (non-hydrogen) atoms. The average Bonchev–Trinajstić information content (AvgIpc) is 3.15. The number of hydrogen-bond donors (Lipinski definition) is 0. The van der Waals surface area contributed by atoms with Gasteiger partial charge >= 0.3 is 0 Å². The van der Waals surface area contributed by atoms with Gasteiger partial charge < -0.3 is 4.90 Å². The summed E-state index contributed by atoms with van der Waals surface area (Å²) in [5, 5.41) is 2.56. The monoisotopic (exact) mass is 431 g/mol. The van der Waals surface area contributed by atoms with Gasteiger partial charge in [-0.3, -0.25) is 14.2 Å². The van der Waals surface area contributed by atoms with Crippen molar-refractivity contribution in [2.75, 3.05) is 11.4 Å². The van der Waals surface area contributed by atoms with E-state index in [-0.39, 0.29) is 18.0 Å². The number of aromatic nitrogens is 2. The highest BCUT2D eigenvalue weighted by Crippen LogP contribution is 2.33. The molecule has 5 nitrogen and oxygen atoms in total. The summed E-state index contributed by atoms with van der Waals surface area (Å²) in [5.74, 6) is -0.139. The fourth-order valence-electron chi connectivity index (χ4n) is 3.92. The summed E-state index contributed by atoms with van der Waals surface area (Å²) in [5.41, 5.74) is 5.92. The van der Waals surface area contributed by atoms with E-state index in [1.54, 1.807) is 4.90 Å². The summed E-state index contributed by atoms with van der Waals surface area (Å²) in [6, 6.07) is 14.0. The molecule has 0 N–H and O–H groups in total. The van der Waals surface area contributed by atoms with Crippen LogP contribution < -0.4 is 10.5 Å². The van der Waals surface area contributed by atoms with Gasteiger partial charge in [-0.05, 0) is 56.5 Å². The Balaban J connectivity index is 1.73. The van der Waals surface area contributed by atoms with E-state index in [0.717, 1.165) is 27.9 Å². The summed E-state index contributed by atoms with van der Waals surface area (Å²) in [7, 11) is 0. The van der Waals surface area contributed by atoms with Crippen LogP contribution in [0.1, 0.15) is 23.6 Å². The van der Waals surface area contributed by atoms with Gasteiger partial charge in [0.05, 0.1) is 11.7 Å². The lowest BCUT2D eigenvalue weighted by Crippen LogP contribution is -2.36. The molecule has 4 rings (SSSR count). The number of benzene rings is 2. The Bertz CT molecular complexity index is 1340. The van der Waals surface area contributed by atoms with E-state index < -0.39 is 0 Å². The van der Waals surface area contributed by atoms with Gasteiger partial charge in [0.25, 0.3) is 5.56 Å². The first-order chi connectivity index (χ1) is 14.9. The molecule has 2 aromatic heterocycles. The highest BCUT2D eigenvalue weighted by molar-refractivity contribution is 7.17. The van der Waals surface area contributed by atoms with Crippen molar-refractivity contribution < 1.29 is 4.79 Å². The lowest BCUT2D eigenvalue weighted by atomic mass is 9.99. The summed E-state index contributed by atoms with van der Waals surface area (Å²) >= 11 is 1.45. The van der Waals surface area contributed by atoms with Crippen LogP contribution >= 0.6 is 11.3 Å². The first-order valence-electron chi connectivity index (χ1n) is 10.3. The first-order valence-corrected chi connectivity index (χ1v) is 11.2. The van der Waals surface area contributed by atoms with Crippen LogP contribution in [0.15, 0.2) is 59.0 Å². The lowest BCUT2D eigenvalue weighted by Gasteiger charge is -2.22. The number of fused-ring (bicyclic) bond motifs is 1.